The quantitative estimate of drug-likeness (QED) is 0.784. The molecule has 4 rings (SSSR count). The molecule has 2 aliphatic rings. The zero-order chi connectivity index (χ0) is 18.8. The molecule has 140 valence electrons. The first-order valence-electron chi connectivity index (χ1n) is 9.47. The Morgan fingerprint density at radius 1 is 0.963 bits per heavy atom. The Kier molecular flexibility index (Phi) is 4.84. The van der Waals surface area contributed by atoms with E-state index in [1.54, 1.807) is 13.2 Å². The number of ether oxygens (including phenoxy) is 1. The largest absolute Gasteiger partial charge is 0.497 e. The molecule has 2 aromatic rings. The van der Waals surface area contributed by atoms with Crippen molar-refractivity contribution in [3.63, 3.8) is 0 Å². The maximum atomic E-state index is 12.5. The summed E-state index contributed by atoms with van der Waals surface area (Å²) in [7, 11) is 1.66. The highest BCUT2D eigenvalue weighted by molar-refractivity contribution is 5.93. The van der Waals surface area contributed by atoms with Gasteiger partial charge in [0.15, 0.2) is 0 Å². The lowest BCUT2D eigenvalue weighted by atomic mass is 10.1. The molecule has 2 fully saturated rings. The molecule has 1 aliphatic carbocycles. The summed E-state index contributed by atoms with van der Waals surface area (Å²) in [5, 5.41) is 2.21. The monoisotopic (exact) mass is 364 g/mol. The van der Waals surface area contributed by atoms with E-state index in [1.807, 2.05) is 46.2 Å². The number of carbonyl (C=O) groups is 2. The average molecular weight is 364 g/mol. The van der Waals surface area contributed by atoms with E-state index in [-0.39, 0.29) is 17.7 Å². The van der Waals surface area contributed by atoms with Crippen LogP contribution in [0.3, 0.4) is 0 Å². The molecule has 0 bridgehead atoms. The van der Waals surface area contributed by atoms with Crippen LogP contribution in [0.15, 0.2) is 42.5 Å². The van der Waals surface area contributed by atoms with Crippen LogP contribution in [0.25, 0.3) is 16.8 Å². The minimum absolute atomic E-state index is 0.00310. The van der Waals surface area contributed by atoms with Crippen LogP contribution in [0, 0.1) is 5.92 Å². The van der Waals surface area contributed by atoms with Gasteiger partial charge in [0, 0.05) is 38.2 Å². The van der Waals surface area contributed by atoms with E-state index in [0.717, 1.165) is 34.9 Å². The lowest BCUT2D eigenvalue weighted by Gasteiger charge is -2.34. The molecule has 0 radical (unpaired) electrons. The number of piperazine rings is 1. The molecule has 0 aromatic heterocycles. The van der Waals surface area contributed by atoms with Crippen molar-refractivity contribution in [2.24, 2.45) is 5.92 Å². The van der Waals surface area contributed by atoms with E-state index in [0.29, 0.717) is 26.2 Å². The number of benzene rings is 2. The Bertz CT molecular complexity index is 894. The molecule has 2 amide bonds. The van der Waals surface area contributed by atoms with Gasteiger partial charge in [-0.05, 0) is 53.5 Å². The first-order chi connectivity index (χ1) is 13.1. The maximum absolute atomic E-state index is 12.5. The maximum Gasteiger partial charge on any atom is 0.246 e. The number of fused-ring (bicyclic) bond motifs is 1. The zero-order valence-electron chi connectivity index (χ0n) is 15.6. The predicted molar refractivity (Wildman–Crippen MR) is 105 cm³/mol. The SMILES string of the molecule is COc1ccc2cc(/C=C/C(=O)N3CCN(C(=O)C4CC4)CC3)ccc2c1. The molecule has 1 saturated heterocycles. The molecule has 27 heavy (non-hydrogen) atoms. The lowest BCUT2D eigenvalue weighted by Crippen LogP contribution is -2.50. The number of rotatable bonds is 4. The summed E-state index contributed by atoms with van der Waals surface area (Å²) in [4.78, 5) is 28.3. The van der Waals surface area contributed by atoms with Crippen molar-refractivity contribution in [3.8, 4) is 5.75 Å². The van der Waals surface area contributed by atoms with Gasteiger partial charge >= 0.3 is 0 Å². The van der Waals surface area contributed by atoms with E-state index < -0.39 is 0 Å². The minimum Gasteiger partial charge on any atom is -0.497 e. The van der Waals surface area contributed by atoms with Crippen molar-refractivity contribution in [2.75, 3.05) is 33.3 Å². The van der Waals surface area contributed by atoms with Crippen molar-refractivity contribution in [1.29, 1.82) is 0 Å². The van der Waals surface area contributed by atoms with Crippen molar-refractivity contribution < 1.29 is 14.3 Å². The molecule has 1 saturated carbocycles. The number of amides is 2. The number of hydrogen-bond donors (Lipinski definition) is 0. The van der Waals surface area contributed by atoms with E-state index >= 15 is 0 Å². The number of methoxy groups -OCH3 is 1. The van der Waals surface area contributed by atoms with E-state index in [2.05, 4.69) is 6.07 Å². The lowest BCUT2D eigenvalue weighted by molar-refractivity contribution is -0.138. The molecule has 0 atom stereocenters. The summed E-state index contributed by atoms with van der Waals surface area (Å²) < 4.78 is 5.25. The van der Waals surface area contributed by atoms with E-state index in [4.69, 9.17) is 4.74 Å². The molecule has 5 nitrogen and oxygen atoms in total. The van der Waals surface area contributed by atoms with Gasteiger partial charge in [-0.1, -0.05) is 18.2 Å². The first-order valence-corrected chi connectivity index (χ1v) is 9.47. The standard InChI is InChI=1S/C22H24N2O3/c1-27-20-8-7-18-14-16(2-4-19(18)15-20)3-9-21(25)23-10-12-24(13-11-23)22(26)17-5-6-17/h2-4,7-9,14-15,17H,5-6,10-13H2,1H3/b9-3+. The van der Waals surface area contributed by atoms with Crippen LogP contribution in [0.4, 0.5) is 0 Å². The van der Waals surface area contributed by atoms with Gasteiger partial charge < -0.3 is 14.5 Å². The van der Waals surface area contributed by atoms with E-state index in [1.165, 1.54) is 0 Å². The Morgan fingerprint density at radius 2 is 1.63 bits per heavy atom. The average Bonchev–Trinajstić information content (AvgIpc) is 3.56. The Morgan fingerprint density at radius 3 is 2.33 bits per heavy atom. The number of carbonyl (C=O) groups excluding carboxylic acids is 2. The Hall–Kier alpha value is -2.82. The minimum atomic E-state index is 0.00310. The Balaban J connectivity index is 1.37. The summed E-state index contributed by atoms with van der Waals surface area (Å²) in [6, 6.07) is 12.0. The molecule has 5 heteroatoms. The van der Waals surface area contributed by atoms with Gasteiger partial charge in [-0.15, -0.1) is 0 Å². The molecule has 1 heterocycles. The Labute approximate surface area is 159 Å². The van der Waals surface area contributed by atoms with Crippen molar-refractivity contribution >= 4 is 28.7 Å². The van der Waals surface area contributed by atoms with Crippen LogP contribution in [0.1, 0.15) is 18.4 Å². The molecule has 1 aliphatic heterocycles. The topological polar surface area (TPSA) is 49.9 Å². The highest BCUT2D eigenvalue weighted by atomic mass is 16.5. The van der Waals surface area contributed by atoms with Gasteiger partial charge in [0.05, 0.1) is 7.11 Å². The molecular formula is C22H24N2O3. The first kappa shape index (κ1) is 17.6. The van der Waals surface area contributed by atoms with Crippen molar-refractivity contribution in [2.45, 2.75) is 12.8 Å². The van der Waals surface area contributed by atoms with Gasteiger partial charge in [-0.25, -0.2) is 0 Å². The predicted octanol–water partition coefficient (Wildman–Crippen LogP) is 2.94. The van der Waals surface area contributed by atoms with Gasteiger partial charge in [0.1, 0.15) is 5.75 Å². The molecule has 0 N–H and O–H groups in total. The molecule has 0 spiro atoms. The molecular weight excluding hydrogens is 340 g/mol. The summed E-state index contributed by atoms with van der Waals surface area (Å²) in [5.41, 5.74) is 0.989. The van der Waals surface area contributed by atoms with Crippen LogP contribution in [0.2, 0.25) is 0 Å². The van der Waals surface area contributed by atoms with Gasteiger partial charge in [-0.3, -0.25) is 9.59 Å². The zero-order valence-corrected chi connectivity index (χ0v) is 15.6. The highest BCUT2D eigenvalue weighted by Crippen LogP contribution is 2.31. The summed E-state index contributed by atoms with van der Waals surface area (Å²) in [5.74, 6) is 1.36. The molecule has 2 aromatic carbocycles. The van der Waals surface area contributed by atoms with Crippen LogP contribution in [-0.2, 0) is 9.59 Å². The van der Waals surface area contributed by atoms with Crippen LogP contribution < -0.4 is 4.74 Å². The fraction of sp³-hybridized carbons (Fsp3) is 0.364. The van der Waals surface area contributed by atoms with Gasteiger partial charge in [0.2, 0.25) is 11.8 Å². The summed E-state index contributed by atoms with van der Waals surface area (Å²) in [6.45, 7) is 2.51. The number of hydrogen-bond acceptors (Lipinski definition) is 3. The van der Waals surface area contributed by atoms with Crippen LogP contribution >= 0.6 is 0 Å². The third-order valence-electron chi connectivity index (χ3n) is 5.32. The fourth-order valence-corrected chi connectivity index (χ4v) is 3.48. The third kappa shape index (κ3) is 3.97. The van der Waals surface area contributed by atoms with Crippen molar-refractivity contribution in [3.05, 3.63) is 48.0 Å². The van der Waals surface area contributed by atoms with Crippen LogP contribution in [-0.4, -0.2) is 54.9 Å². The third-order valence-corrected chi connectivity index (χ3v) is 5.32. The fourth-order valence-electron chi connectivity index (χ4n) is 3.48. The highest BCUT2D eigenvalue weighted by Gasteiger charge is 2.34. The summed E-state index contributed by atoms with van der Waals surface area (Å²) >= 11 is 0. The molecule has 0 unspecified atom stereocenters. The van der Waals surface area contributed by atoms with E-state index in [9.17, 15) is 9.59 Å². The number of nitrogens with zero attached hydrogens (tertiary/aromatic N) is 2. The van der Waals surface area contributed by atoms with Gasteiger partial charge in [-0.2, -0.15) is 0 Å². The van der Waals surface area contributed by atoms with Crippen LogP contribution in [0.5, 0.6) is 5.75 Å². The van der Waals surface area contributed by atoms with Gasteiger partial charge in [0.25, 0.3) is 0 Å². The smallest absolute Gasteiger partial charge is 0.246 e. The van der Waals surface area contributed by atoms with Crippen molar-refractivity contribution in [1.82, 2.24) is 9.80 Å². The summed E-state index contributed by atoms with van der Waals surface area (Å²) in [6.07, 6.45) is 5.54. The normalized spacial score (nSPS) is 17.5. The second-order valence-corrected chi connectivity index (χ2v) is 7.23. The second-order valence-electron chi connectivity index (χ2n) is 7.23. The second kappa shape index (κ2) is 7.43.